The predicted octanol–water partition coefficient (Wildman–Crippen LogP) is 4.50. The van der Waals surface area contributed by atoms with Crippen LogP contribution in [0.25, 0.3) is 0 Å². The van der Waals surface area contributed by atoms with Crippen molar-refractivity contribution in [1.29, 1.82) is 0 Å². The SMILES string of the molecule is Cc1ccccc1C(=O)c1cnc(NCCCNC(=O)Cc2ccc(Cl)cc2)s1. The van der Waals surface area contributed by atoms with Crippen molar-refractivity contribution in [2.24, 2.45) is 0 Å². The highest BCUT2D eigenvalue weighted by molar-refractivity contribution is 7.17. The Bertz CT molecular complexity index is 986. The lowest BCUT2D eigenvalue weighted by Gasteiger charge is -2.06. The average molecular weight is 428 g/mol. The molecule has 0 saturated heterocycles. The largest absolute Gasteiger partial charge is 0.361 e. The highest BCUT2D eigenvalue weighted by Gasteiger charge is 2.14. The van der Waals surface area contributed by atoms with Gasteiger partial charge in [-0.1, -0.05) is 59.3 Å². The van der Waals surface area contributed by atoms with Gasteiger partial charge in [-0.05, 0) is 36.6 Å². The molecule has 1 aromatic heterocycles. The van der Waals surface area contributed by atoms with E-state index in [0.717, 1.165) is 17.5 Å². The van der Waals surface area contributed by atoms with Crippen LogP contribution in [0, 0.1) is 6.92 Å². The number of thiazole rings is 1. The van der Waals surface area contributed by atoms with Crippen LogP contribution in [0.15, 0.2) is 54.7 Å². The Kier molecular flexibility index (Phi) is 7.38. The summed E-state index contributed by atoms with van der Waals surface area (Å²) < 4.78 is 0. The summed E-state index contributed by atoms with van der Waals surface area (Å²) in [5, 5.41) is 7.47. The molecule has 0 bridgehead atoms. The molecule has 0 saturated carbocycles. The second kappa shape index (κ2) is 10.2. The molecule has 3 aromatic rings. The van der Waals surface area contributed by atoms with Gasteiger partial charge in [0.1, 0.15) is 0 Å². The average Bonchev–Trinajstić information content (AvgIpc) is 3.18. The zero-order valence-corrected chi connectivity index (χ0v) is 17.6. The minimum atomic E-state index is -0.0207. The van der Waals surface area contributed by atoms with Crippen LogP contribution in [0.2, 0.25) is 5.02 Å². The zero-order valence-electron chi connectivity index (χ0n) is 16.1. The van der Waals surface area contributed by atoms with Gasteiger partial charge < -0.3 is 10.6 Å². The number of halogens is 1. The number of nitrogens with zero attached hydrogens (tertiary/aromatic N) is 1. The van der Waals surface area contributed by atoms with Crippen molar-refractivity contribution in [2.75, 3.05) is 18.4 Å². The van der Waals surface area contributed by atoms with Crippen LogP contribution in [-0.2, 0) is 11.2 Å². The van der Waals surface area contributed by atoms with E-state index >= 15 is 0 Å². The fraction of sp³-hybridized carbons (Fsp3) is 0.227. The van der Waals surface area contributed by atoms with Crippen LogP contribution in [0.5, 0.6) is 0 Å². The number of carbonyl (C=O) groups excluding carboxylic acids is 2. The van der Waals surface area contributed by atoms with E-state index in [-0.39, 0.29) is 11.7 Å². The Morgan fingerprint density at radius 1 is 1.07 bits per heavy atom. The van der Waals surface area contributed by atoms with Gasteiger partial charge in [-0.2, -0.15) is 0 Å². The topological polar surface area (TPSA) is 71.1 Å². The molecule has 1 heterocycles. The molecule has 0 unspecified atom stereocenters. The Labute approximate surface area is 179 Å². The number of hydrogen-bond donors (Lipinski definition) is 2. The maximum Gasteiger partial charge on any atom is 0.224 e. The van der Waals surface area contributed by atoms with Crippen LogP contribution in [-0.4, -0.2) is 29.8 Å². The van der Waals surface area contributed by atoms with Crippen molar-refractivity contribution in [3.05, 3.63) is 81.3 Å². The summed E-state index contributed by atoms with van der Waals surface area (Å²) in [7, 11) is 0. The molecule has 0 spiro atoms. The zero-order chi connectivity index (χ0) is 20.6. The Hall–Kier alpha value is -2.70. The van der Waals surface area contributed by atoms with E-state index in [4.69, 9.17) is 11.6 Å². The van der Waals surface area contributed by atoms with Crippen LogP contribution in [0.1, 0.15) is 32.8 Å². The summed E-state index contributed by atoms with van der Waals surface area (Å²) in [5.41, 5.74) is 2.58. The van der Waals surface area contributed by atoms with Gasteiger partial charge >= 0.3 is 0 Å². The quantitative estimate of drug-likeness (QED) is 0.389. The van der Waals surface area contributed by atoms with Crippen molar-refractivity contribution >= 4 is 39.8 Å². The number of amides is 1. The third-order valence-corrected chi connectivity index (χ3v) is 5.55. The number of aryl methyl sites for hydroxylation is 1. The summed E-state index contributed by atoms with van der Waals surface area (Å²) >= 11 is 7.19. The summed E-state index contributed by atoms with van der Waals surface area (Å²) in [6.07, 6.45) is 2.70. The van der Waals surface area contributed by atoms with Gasteiger partial charge in [0, 0.05) is 23.7 Å². The number of hydrogen-bond acceptors (Lipinski definition) is 5. The number of anilines is 1. The fourth-order valence-corrected chi connectivity index (χ4v) is 3.70. The van der Waals surface area contributed by atoms with E-state index < -0.39 is 0 Å². The first-order valence-electron chi connectivity index (χ1n) is 9.34. The molecule has 0 aliphatic heterocycles. The van der Waals surface area contributed by atoms with E-state index in [0.29, 0.717) is 40.1 Å². The molecule has 2 N–H and O–H groups in total. The number of ketones is 1. The highest BCUT2D eigenvalue weighted by Crippen LogP contribution is 2.22. The lowest BCUT2D eigenvalue weighted by molar-refractivity contribution is -0.120. The number of nitrogens with one attached hydrogen (secondary N) is 2. The second-order valence-electron chi connectivity index (χ2n) is 6.61. The predicted molar refractivity (Wildman–Crippen MR) is 118 cm³/mol. The molecule has 0 radical (unpaired) electrons. The van der Waals surface area contributed by atoms with Gasteiger partial charge in [-0.25, -0.2) is 4.98 Å². The van der Waals surface area contributed by atoms with Gasteiger partial charge in [0.25, 0.3) is 0 Å². The molecule has 0 fully saturated rings. The Morgan fingerprint density at radius 2 is 1.83 bits per heavy atom. The third-order valence-electron chi connectivity index (χ3n) is 4.35. The molecule has 0 atom stereocenters. The van der Waals surface area contributed by atoms with Crippen LogP contribution >= 0.6 is 22.9 Å². The van der Waals surface area contributed by atoms with E-state index in [1.165, 1.54) is 11.3 Å². The minimum Gasteiger partial charge on any atom is -0.361 e. The molecule has 3 rings (SSSR count). The highest BCUT2D eigenvalue weighted by atomic mass is 35.5. The number of carbonyl (C=O) groups is 2. The monoisotopic (exact) mass is 427 g/mol. The summed E-state index contributed by atoms with van der Waals surface area (Å²) in [6, 6.07) is 14.8. The van der Waals surface area contributed by atoms with Gasteiger partial charge in [0.15, 0.2) is 5.13 Å². The first-order valence-corrected chi connectivity index (χ1v) is 10.5. The van der Waals surface area contributed by atoms with Crippen molar-refractivity contribution in [3.8, 4) is 0 Å². The summed E-state index contributed by atoms with van der Waals surface area (Å²) in [6.45, 7) is 3.15. The van der Waals surface area contributed by atoms with E-state index in [9.17, 15) is 9.59 Å². The first kappa shape index (κ1) is 21.0. The molecule has 0 aliphatic rings. The molecular formula is C22H22ClN3O2S. The van der Waals surface area contributed by atoms with Crippen molar-refractivity contribution in [3.63, 3.8) is 0 Å². The molecule has 150 valence electrons. The Balaban J connectivity index is 1.39. The molecule has 7 heteroatoms. The molecule has 2 aromatic carbocycles. The number of aromatic nitrogens is 1. The van der Waals surface area contributed by atoms with E-state index in [1.54, 1.807) is 18.3 Å². The number of rotatable bonds is 9. The van der Waals surface area contributed by atoms with Crippen LogP contribution in [0.3, 0.4) is 0 Å². The maximum absolute atomic E-state index is 12.6. The molecule has 0 aliphatic carbocycles. The maximum atomic E-state index is 12.6. The lowest BCUT2D eigenvalue weighted by atomic mass is 10.0. The fourth-order valence-electron chi connectivity index (χ4n) is 2.78. The molecule has 5 nitrogen and oxygen atoms in total. The molecule has 1 amide bonds. The third kappa shape index (κ3) is 6.14. The van der Waals surface area contributed by atoms with Crippen molar-refractivity contribution in [2.45, 2.75) is 19.8 Å². The minimum absolute atomic E-state index is 0.0110. The van der Waals surface area contributed by atoms with Gasteiger partial charge in [-0.3, -0.25) is 9.59 Å². The number of benzene rings is 2. The Morgan fingerprint density at radius 3 is 2.59 bits per heavy atom. The second-order valence-corrected chi connectivity index (χ2v) is 8.07. The van der Waals surface area contributed by atoms with Crippen LogP contribution in [0.4, 0.5) is 5.13 Å². The lowest BCUT2D eigenvalue weighted by Crippen LogP contribution is -2.27. The van der Waals surface area contributed by atoms with Gasteiger partial charge in [0.2, 0.25) is 11.7 Å². The van der Waals surface area contributed by atoms with Gasteiger partial charge in [0.05, 0.1) is 17.5 Å². The normalized spacial score (nSPS) is 10.6. The van der Waals surface area contributed by atoms with Crippen molar-refractivity contribution in [1.82, 2.24) is 10.3 Å². The van der Waals surface area contributed by atoms with Crippen LogP contribution < -0.4 is 10.6 Å². The van der Waals surface area contributed by atoms with Gasteiger partial charge in [-0.15, -0.1) is 0 Å². The van der Waals surface area contributed by atoms with E-state index in [2.05, 4.69) is 15.6 Å². The molecule has 29 heavy (non-hydrogen) atoms. The smallest absolute Gasteiger partial charge is 0.224 e. The van der Waals surface area contributed by atoms with Crippen molar-refractivity contribution < 1.29 is 9.59 Å². The summed E-state index contributed by atoms with van der Waals surface area (Å²) in [4.78, 5) is 29.4. The molecular weight excluding hydrogens is 406 g/mol. The summed E-state index contributed by atoms with van der Waals surface area (Å²) in [5.74, 6) is -0.0317. The first-order chi connectivity index (χ1) is 14.0. The standard InChI is InChI=1S/C22H22ClN3O2S/c1-15-5-2-3-6-18(15)21(28)19-14-26-22(29-19)25-12-4-11-24-20(27)13-16-7-9-17(23)10-8-16/h2-3,5-10,14H,4,11-13H2,1H3,(H,24,27)(H,25,26). The van der Waals surface area contributed by atoms with E-state index in [1.807, 2.05) is 43.3 Å².